The number of benzene rings is 1. The predicted molar refractivity (Wildman–Crippen MR) is 109 cm³/mol. The number of nitrogens with zero attached hydrogens (tertiary/aromatic N) is 3. The molecule has 3 aromatic rings. The Morgan fingerprint density at radius 2 is 1.96 bits per heavy atom. The molecule has 2 aromatic heterocycles. The van der Waals surface area contributed by atoms with Gasteiger partial charge < -0.3 is 0 Å². The van der Waals surface area contributed by atoms with Crippen LogP contribution in [-0.2, 0) is 0 Å². The molecule has 0 saturated heterocycles. The van der Waals surface area contributed by atoms with Gasteiger partial charge in [0.2, 0.25) is 5.95 Å². The lowest BCUT2D eigenvalue weighted by Crippen LogP contribution is -2.15. The van der Waals surface area contributed by atoms with Crippen LogP contribution in [0.5, 0.6) is 0 Å². The van der Waals surface area contributed by atoms with Crippen LogP contribution in [0.4, 0.5) is 11.6 Å². The van der Waals surface area contributed by atoms with E-state index in [1.165, 1.54) is 48.8 Å². The second-order valence-electron chi connectivity index (χ2n) is 6.50. The zero-order valence-corrected chi connectivity index (χ0v) is 16.6. The Balaban J connectivity index is 1.53. The molecular weight excluding hydrogens is 394 g/mol. The Labute approximate surface area is 170 Å². The van der Waals surface area contributed by atoms with Crippen LogP contribution in [0.3, 0.4) is 0 Å². The first-order valence-electron chi connectivity index (χ1n) is 8.98. The van der Waals surface area contributed by atoms with Crippen LogP contribution in [0.15, 0.2) is 51.4 Å². The molecular formula is C19H19N5O2S2. The minimum atomic E-state index is -0.343. The van der Waals surface area contributed by atoms with E-state index >= 15 is 0 Å². The van der Waals surface area contributed by atoms with E-state index in [1.807, 2.05) is 5.38 Å². The normalized spacial score (nSPS) is 14.2. The Morgan fingerprint density at radius 3 is 2.64 bits per heavy atom. The Morgan fingerprint density at radius 1 is 1.18 bits per heavy atom. The van der Waals surface area contributed by atoms with Crippen LogP contribution in [0, 0.1) is 0 Å². The molecule has 0 spiro atoms. The van der Waals surface area contributed by atoms with Gasteiger partial charge in [-0.25, -0.2) is 15.0 Å². The average molecular weight is 414 g/mol. The van der Waals surface area contributed by atoms with Gasteiger partial charge in [-0.1, -0.05) is 24.6 Å². The lowest BCUT2D eigenvalue weighted by atomic mass is 10.0. The summed E-state index contributed by atoms with van der Waals surface area (Å²) in [5.74, 6) is 0.447. The molecule has 0 aliphatic heterocycles. The quantitative estimate of drug-likeness (QED) is 0.499. The Kier molecular flexibility index (Phi) is 5.84. The van der Waals surface area contributed by atoms with E-state index in [2.05, 4.69) is 25.7 Å². The molecule has 1 aromatic carbocycles. The summed E-state index contributed by atoms with van der Waals surface area (Å²) in [6.45, 7) is 0. The first kappa shape index (κ1) is 18.9. The molecule has 1 aliphatic carbocycles. The number of aromatic nitrogens is 3. The van der Waals surface area contributed by atoms with E-state index in [0.29, 0.717) is 17.2 Å². The largest absolute Gasteiger partial charge is 0.291 e. The van der Waals surface area contributed by atoms with E-state index < -0.39 is 0 Å². The fourth-order valence-electron chi connectivity index (χ4n) is 3.26. The molecule has 1 saturated carbocycles. The maximum atomic E-state index is 12.8. The van der Waals surface area contributed by atoms with Gasteiger partial charge in [0.05, 0.1) is 11.3 Å². The number of thiazole rings is 1. The van der Waals surface area contributed by atoms with Crippen molar-refractivity contribution in [2.24, 2.45) is 0 Å². The second-order valence-corrected chi connectivity index (χ2v) is 8.68. The minimum Gasteiger partial charge on any atom is -0.291 e. The van der Waals surface area contributed by atoms with Gasteiger partial charge in [0, 0.05) is 28.9 Å². The van der Waals surface area contributed by atoms with Crippen molar-refractivity contribution in [2.45, 2.75) is 40.8 Å². The van der Waals surface area contributed by atoms with E-state index in [4.69, 9.17) is 0 Å². The minimum absolute atomic E-state index is 0.263. The van der Waals surface area contributed by atoms with Gasteiger partial charge in [-0.2, -0.15) is 0 Å². The fraction of sp³-hybridized carbons (Fsp3) is 0.263. The van der Waals surface area contributed by atoms with Gasteiger partial charge in [-0.05, 0) is 42.5 Å². The van der Waals surface area contributed by atoms with Gasteiger partial charge in [0.15, 0.2) is 4.34 Å². The molecule has 1 aliphatic rings. The smallest absolute Gasteiger partial charge is 0.259 e. The molecule has 28 heavy (non-hydrogen) atoms. The monoisotopic (exact) mass is 413 g/mol. The molecule has 0 radical (unpaired) electrons. The summed E-state index contributed by atoms with van der Waals surface area (Å²) >= 11 is 2.89. The van der Waals surface area contributed by atoms with Crippen molar-refractivity contribution in [3.05, 3.63) is 53.3 Å². The van der Waals surface area contributed by atoms with Crippen molar-refractivity contribution < 1.29 is 10.0 Å². The lowest BCUT2D eigenvalue weighted by Gasteiger charge is -2.11. The predicted octanol–water partition coefficient (Wildman–Crippen LogP) is 4.80. The van der Waals surface area contributed by atoms with Gasteiger partial charge >= 0.3 is 0 Å². The summed E-state index contributed by atoms with van der Waals surface area (Å²) in [6, 6.07) is 5.04. The van der Waals surface area contributed by atoms with Crippen molar-refractivity contribution in [1.29, 1.82) is 0 Å². The van der Waals surface area contributed by atoms with Crippen molar-refractivity contribution >= 4 is 40.6 Å². The summed E-state index contributed by atoms with van der Waals surface area (Å²) in [6.07, 6.45) is 10.2. The Hall–Kier alpha value is -2.49. The molecule has 4 rings (SSSR count). The zero-order valence-electron chi connectivity index (χ0n) is 15.0. The summed E-state index contributed by atoms with van der Waals surface area (Å²) in [7, 11) is 0. The number of hydrogen-bond donors (Lipinski definition) is 3. The molecule has 9 heteroatoms. The highest BCUT2D eigenvalue weighted by molar-refractivity contribution is 8.01. The lowest BCUT2D eigenvalue weighted by molar-refractivity contribution is 0.102. The second kappa shape index (κ2) is 8.68. The molecule has 2 heterocycles. The van der Waals surface area contributed by atoms with E-state index in [1.54, 1.807) is 36.8 Å². The number of nitrogens with one attached hydrogen (secondary N) is 2. The Bertz CT molecular complexity index is 941. The number of hydrogen-bond acceptors (Lipinski definition) is 8. The van der Waals surface area contributed by atoms with Crippen molar-refractivity contribution in [1.82, 2.24) is 15.0 Å². The molecule has 3 N–H and O–H groups in total. The molecule has 0 unspecified atom stereocenters. The molecule has 0 atom stereocenters. The zero-order chi connectivity index (χ0) is 19.3. The highest BCUT2D eigenvalue weighted by Gasteiger charge is 2.19. The molecule has 144 valence electrons. The maximum Gasteiger partial charge on any atom is 0.259 e. The summed E-state index contributed by atoms with van der Waals surface area (Å²) in [4.78, 5) is 26.4. The third-order valence-corrected chi connectivity index (χ3v) is 6.64. The number of anilines is 2. The van der Waals surface area contributed by atoms with Crippen molar-refractivity contribution in [3.8, 4) is 0 Å². The summed E-state index contributed by atoms with van der Waals surface area (Å²) in [5, 5.41) is 13.8. The molecule has 0 bridgehead atoms. The number of rotatable bonds is 6. The number of carbonyl (C=O) groups excluding carboxylic acids is 1. The maximum absolute atomic E-state index is 12.8. The van der Waals surface area contributed by atoms with E-state index in [-0.39, 0.29) is 11.9 Å². The number of carbonyl (C=O) groups is 1. The van der Waals surface area contributed by atoms with Crippen LogP contribution >= 0.6 is 23.1 Å². The summed E-state index contributed by atoms with van der Waals surface area (Å²) in [5.41, 5.74) is 4.03. The number of amides is 1. The van der Waals surface area contributed by atoms with E-state index in [0.717, 1.165) is 14.8 Å². The molecule has 1 amide bonds. The topological polar surface area (TPSA) is 100 Å². The SMILES string of the molecule is O=C(Nc1ncc(C2CCCC2)cn1)c1cc(NO)ccc1Sc1nccs1. The van der Waals surface area contributed by atoms with Crippen molar-refractivity contribution in [3.63, 3.8) is 0 Å². The van der Waals surface area contributed by atoms with Crippen LogP contribution in [0.2, 0.25) is 0 Å². The average Bonchev–Trinajstić information content (AvgIpc) is 3.43. The first-order valence-corrected chi connectivity index (χ1v) is 10.7. The van der Waals surface area contributed by atoms with Crippen LogP contribution < -0.4 is 10.8 Å². The highest BCUT2D eigenvalue weighted by Crippen LogP contribution is 2.34. The van der Waals surface area contributed by atoms with Crippen LogP contribution in [0.25, 0.3) is 0 Å². The van der Waals surface area contributed by atoms with E-state index in [9.17, 15) is 10.0 Å². The fourth-order valence-corrected chi connectivity index (χ4v) is 4.95. The van der Waals surface area contributed by atoms with Crippen molar-refractivity contribution in [2.75, 3.05) is 10.8 Å². The molecule has 7 nitrogen and oxygen atoms in total. The van der Waals surface area contributed by atoms with Gasteiger partial charge in [-0.15, -0.1) is 11.3 Å². The third kappa shape index (κ3) is 4.32. The van der Waals surface area contributed by atoms with Crippen LogP contribution in [-0.4, -0.2) is 26.1 Å². The highest BCUT2D eigenvalue weighted by atomic mass is 32.2. The third-order valence-electron chi connectivity index (χ3n) is 4.68. The van der Waals surface area contributed by atoms with Gasteiger partial charge in [-0.3, -0.25) is 20.8 Å². The molecule has 1 fully saturated rings. The van der Waals surface area contributed by atoms with Crippen LogP contribution in [0.1, 0.15) is 47.5 Å². The standard InChI is InChI=1S/C19H19N5O2S2/c25-17(23-18-21-10-13(11-22-18)12-3-1-2-4-12)15-9-14(24-26)5-6-16(15)28-19-20-7-8-27-19/h5-12,24,26H,1-4H2,(H,21,22,23,25). The first-order chi connectivity index (χ1) is 13.7. The van der Waals surface area contributed by atoms with Gasteiger partial charge in [0.25, 0.3) is 5.91 Å². The van der Waals surface area contributed by atoms with Gasteiger partial charge in [0.1, 0.15) is 0 Å². The summed E-state index contributed by atoms with van der Waals surface area (Å²) < 4.78 is 0.830.